The Kier molecular flexibility index (Phi) is 4.55. The quantitative estimate of drug-likeness (QED) is 0.716. The van der Waals surface area contributed by atoms with E-state index in [-0.39, 0.29) is 0 Å². The zero-order valence-electron chi connectivity index (χ0n) is 11.3. The van der Waals surface area contributed by atoms with E-state index in [0.717, 1.165) is 5.69 Å². The molecule has 0 unspecified atom stereocenters. The van der Waals surface area contributed by atoms with Gasteiger partial charge in [-0.3, -0.25) is 4.98 Å². The van der Waals surface area contributed by atoms with E-state index >= 15 is 0 Å². The summed E-state index contributed by atoms with van der Waals surface area (Å²) >= 11 is 0. The molecule has 0 bridgehead atoms. The Morgan fingerprint density at radius 2 is 1.50 bits per heavy atom. The number of nitrogens with zero attached hydrogens (tertiary/aromatic N) is 3. The fraction of sp³-hybridized carbons (Fsp3) is 0.133. The molecule has 0 saturated heterocycles. The van der Waals surface area contributed by atoms with Gasteiger partial charge in [-0.25, -0.2) is 9.97 Å². The van der Waals surface area contributed by atoms with Crippen LogP contribution in [0.5, 0.6) is 0 Å². The summed E-state index contributed by atoms with van der Waals surface area (Å²) in [5.41, 5.74) is 2.08. The van der Waals surface area contributed by atoms with Gasteiger partial charge in [0.15, 0.2) is 0 Å². The van der Waals surface area contributed by atoms with Gasteiger partial charge < -0.3 is 5.32 Å². The first kappa shape index (κ1) is 13.9. The van der Waals surface area contributed by atoms with Gasteiger partial charge in [-0.15, -0.1) is 0 Å². The molecule has 0 amide bonds. The van der Waals surface area contributed by atoms with Crippen molar-refractivity contribution in [3.8, 4) is 0 Å². The largest absolute Gasteiger partial charge is 0.340 e. The maximum Gasteiger partial charge on any atom is 0.213 e. The summed E-state index contributed by atoms with van der Waals surface area (Å²) in [6, 6.07) is 10.1. The number of anilines is 2. The highest BCUT2D eigenvalue weighted by Gasteiger charge is 2.01. The zero-order valence-corrected chi connectivity index (χ0v) is 11.3. The van der Waals surface area contributed by atoms with Crippen molar-refractivity contribution in [1.29, 1.82) is 0 Å². The lowest BCUT2D eigenvalue weighted by molar-refractivity contribution is 0.589. The molecule has 4 nitrogen and oxygen atoms in total. The highest BCUT2D eigenvalue weighted by molar-refractivity contribution is 5.76. The summed E-state index contributed by atoms with van der Waals surface area (Å²) in [7, 11) is 0. The maximum atomic E-state index is 12.9. The topological polar surface area (TPSA) is 50.7 Å². The van der Waals surface area contributed by atoms with E-state index in [2.05, 4.69) is 20.3 Å². The second-order valence-corrected chi connectivity index (χ2v) is 3.73. The van der Waals surface area contributed by atoms with Gasteiger partial charge >= 0.3 is 0 Å². The van der Waals surface area contributed by atoms with Crippen molar-refractivity contribution in [2.24, 2.45) is 0 Å². The Labute approximate surface area is 116 Å². The lowest BCUT2D eigenvalue weighted by atomic mass is 10.3. The average molecular weight is 269 g/mol. The van der Waals surface area contributed by atoms with Crippen LogP contribution in [0.2, 0.25) is 0 Å². The molecule has 3 aromatic heterocycles. The Morgan fingerprint density at radius 3 is 2.25 bits per heavy atom. The van der Waals surface area contributed by atoms with E-state index in [1.54, 1.807) is 30.6 Å². The molecule has 0 aromatic carbocycles. The fourth-order valence-corrected chi connectivity index (χ4v) is 1.64. The van der Waals surface area contributed by atoms with E-state index in [4.69, 9.17) is 0 Å². The standard InChI is InChI=1S/C13H9FN4.C2H6/c14-12-3-1-11-10(17-12)2-4-13(18-11)16-9-5-7-15-8-6-9;1-2/h1-8H,(H,15,16,18);1-2H3/i14-1;. The summed E-state index contributed by atoms with van der Waals surface area (Å²) in [6.07, 6.45) is 3.39. The summed E-state index contributed by atoms with van der Waals surface area (Å²) in [5, 5.41) is 3.14. The highest BCUT2D eigenvalue weighted by Crippen LogP contribution is 2.17. The van der Waals surface area contributed by atoms with E-state index < -0.39 is 5.95 Å². The number of halogens is 1. The van der Waals surface area contributed by atoms with Crippen LogP contribution in [0.4, 0.5) is 15.9 Å². The van der Waals surface area contributed by atoms with E-state index in [1.165, 1.54) is 6.07 Å². The van der Waals surface area contributed by atoms with Gasteiger partial charge in [0.25, 0.3) is 0 Å². The number of hydrogen-bond acceptors (Lipinski definition) is 4. The van der Waals surface area contributed by atoms with Crippen molar-refractivity contribution in [3.63, 3.8) is 0 Å². The van der Waals surface area contributed by atoms with Crippen LogP contribution in [0, 0.1) is 5.95 Å². The first-order chi connectivity index (χ1) is 9.81. The Hall–Kier alpha value is -2.56. The van der Waals surface area contributed by atoms with Crippen molar-refractivity contribution < 1.29 is 4.39 Å². The third kappa shape index (κ3) is 3.26. The number of aromatic nitrogens is 3. The van der Waals surface area contributed by atoms with E-state index in [1.807, 2.05) is 26.0 Å². The third-order valence-electron chi connectivity index (χ3n) is 2.46. The molecule has 1 N–H and O–H groups in total. The summed E-state index contributed by atoms with van der Waals surface area (Å²) in [5.74, 6) is 0.182. The fourth-order valence-electron chi connectivity index (χ4n) is 1.64. The van der Waals surface area contributed by atoms with Gasteiger partial charge in [0, 0.05) is 18.1 Å². The molecule has 3 rings (SSSR count). The Bertz CT molecular complexity index is 686. The first-order valence-corrected chi connectivity index (χ1v) is 6.42. The van der Waals surface area contributed by atoms with Gasteiger partial charge in [-0.05, 0) is 36.4 Å². The highest BCUT2D eigenvalue weighted by atomic mass is 18.2. The molecular formula is C15H15FN4. The lowest BCUT2D eigenvalue weighted by Gasteiger charge is -2.05. The summed E-state index contributed by atoms with van der Waals surface area (Å²) in [4.78, 5) is 12.0. The SMILES string of the molecule is CC.[18F]c1ccc2nc(Nc3ccncc3)ccc2n1. The van der Waals surface area contributed by atoms with E-state index in [0.29, 0.717) is 16.9 Å². The molecule has 0 radical (unpaired) electrons. The zero-order chi connectivity index (χ0) is 14.4. The molecule has 0 fully saturated rings. The van der Waals surface area contributed by atoms with Crippen LogP contribution in [0.3, 0.4) is 0 Å². The van der Waals surface area contributed by atoms with Crippen LogP contribution < -0.4 is 5.32 Å². The molecule has 102 valence electrons. The Balaban J connectivity index is 0.000000704. The second-order valence-electron chi connectivity index (χ2n) is 3.73. The number of pyridine rings is 3. The normalized spacial score (nSPS) is 9.75. The van der Waals surface area contributed by atoms with Gasteiger partial charge in [0.1, 0.15) is 5.82 Å². The minimum absolute atomic E-state index is 0.501. The second kappa shape index (κ2) is 6.56. The van der Waals surface area contributed by atoms with Crippen LogP contribution >= 0.6 is 0 Å². The molecule has 0 aliphatic heterocycles. The van der Waals surface area contributed by atoms with E-state index in [9.17, 15) is 4.39 Å². The van der Waals surface area contributed by atoms with Gasteiger partial charge in [0.05, 0.1) is 11.0 Å². The molecular weight excluding hydrogens is 254 g/mol. The molecule has 20 heavy (non-hydrogen) atoms. The van der Waals surface area contributed by atoms with Crippen LogP contribution in [0.25, 0.3) is 11.0 Å². The summed E-state index contributed by atoms with van der Waals surface area (Å²) in [6.45, 7) is 4.00. The van der Waals surface area contributed by atoms with Crippen LogP contribution in [-0.4, -0.2) is 15.0 Å². The lowest BCUT2D eigenvalue weighted by Crippen LogP contribution is -1.95. The molecule has 0 atom stereocenters. The smallest absolute Gasteiger partial charge is 0.213 e. The number of fused-ring (bicyclic) bond motifs is 1. The molecule has 3 heterocycles. The van der Waals surface area contributed by atoms with Gasteiger partial charge in [-0.2, -0.15) is 4.39 Å². The van der Waals surface area contributed by atoms with Crippen molar-refractivity contribution in [2.75, 3.05) is 5.32 Å². The van der Waals surface area contributed by atoms with Gasteiger partial charge in [0.2, 0.25) is 5.95 Å². The summed E-state index contributed by atoms with van der Waals surface area (Å²) < 4.78 is 12.9. The predicted octanol–water partition coefficient (Wildman–Crippen LogP) is 3.93. The van der Waals surface area contributed by atoms with Crippen LogP contribution in [0.1, 0.15) is 13.8 Å². The Morgan fingerprint density at radius 1 is 0.850 bits per heavy atom. The minimum Gasteiger partial charge on any atom is -0.340 e. The number of nitrogens with one attached hydrogen (secondary N) is 1. The van der Waals surface area contributed by atoms with Crippen molar-refractivity contribution in [2.45, 2.75) is 13.8 Å². The maximum absolute atomic E-state index is 12.9. The van der Waals surface area contributed by atoms with Crippen molar-refractivity contribution >= 4 is 22.5 Å². The monoisotopic (exact) mass is 269 g/mol. The molecule has 0 aliphatic rings. The first-order valence-electron chi connectivity index (χ1n) is 6.42. The van der Waals surface area contributed by atoms with Crippen LogP contribution in [-0.2, 0) is 0 Å². The molecule has 0 saturated carbocycles. The molecule has 0 spiro atoms. The van der Waals surface area contributed by atoms with Gasteiger partial charge in [-0.1, -0.05) is 13.8 Å². The van der Waals surface area contributed by atoms with Crippen molar-refractivity contribution in [3.05, 3.63) is 54.7 Å². The molecule has 3 aromatic rings. The number of hydrogen-bond donors (Lipinski definition) is 1. The van der Waals surface area contributed by atoms with Crippen LogP contribution in [0.15, 0.2) is 48.8 Å². The predicted molar refractivity (Wildman–Crippen MR) is 78.4 cm³/mol. The minimum atomic E-state index is -0.501. The van der Waals surface area contributed by atoms with Crippen molar-refractivity contribution in [1.82, 2.24) is 15.0 Å². The average Bonchev–Trinajstić information content (AvgIpc) is 2.50. The molecule has 0 aliphatic carbocycles. The molecule has 5 heteroatoms. The number of rotatable bonds is 2. The third-order valence-corrected chi connectivity index (χ3v) is 2.46.